The van der Waals surface area contributed by atoms with Crippen LogP contribution in [0.15, 0.2) is 0 Å². The van der Waals surface area contributed by atoms with Crippen LogP contribution in [0, 0.1) is 5.41 Å². The molecule has 0 aliphatic heterocycles. The predicted octanol–water partition coefficient (Wildman–Crippen LogP) is -0.499. The van der Waals surface area contributed by atoms with Crippen molar-refractivity contribution in [3.8, 4) is 0 Å². The van der Waals surface area contributed by atoms with E-state index in [0.717, 1.165) is 25.7 Å². The van der Waals surface area contributed by atoms with Gasteiger partial charge in [0.25, 0.3) is 0 Å². The Hall–Kier alpha value is -0.480. The summed E-state index contributed by atoms with van der Waals surface area (Å²) in [5, 5.41) is 0. The van der Waals surface area contributed by atoms with Gasteiger partial charge in [-0.2, -0.15) is 0 Å². The molecule has 0 bridgehead atoms. The molecule has 0 aliphatic carbocycles. The van der Waals surface area contributed by atoms with Gasteiger partial charge in [0.1, 0.15) is 0 Å². The third-order valence-electron chi connectivity index (χ3n) is 5.09. The highest BCUT2D eigenvalue weighted by Gasteiger charge is 2.32. The lowest BCUT2D eigenvalue weighted by molar-refractivity contribution is -0.121. The first-order valence-corrected chi connectivity index (χ1v) is 13.7. The maximum Gasteiger partial charge on any atom is 0.0700 e. The van der Waals surface area contributed by atoms with Gasteiger partial charge < -0.3 is 60.8 Å². The van der Waals surface area contributed by atoms with Gasteiger partial charge in [-0.05, 0) is 51.9 Å². The fourth-order valence-corrected chi connectivity index (χ4v) is 3.03. The molecule has 224 valence electrons. The van der Waals surface area contributed by atoms with Crippen molar-refractivity contribution in [3.63, 3.8) is 0 Å². The molecule has 0 aromatic carbocycles. The Labute approximate surface area is 224 Å². The van der Waals surface area contributed by atoms with Crippen LogP contribution in [-0.4, -0.2) is 132 Å². The summed E-state index contributed by atoms with van der Waals surface area (Å²) >= 11 is 0. The molecule has 0 spiro atoms. The molecule has 0 rings (SSSR count). The van der Waals surface area contributed by atoms with Crippen LogP contribution in [0.1, 0.15) is 25.7 Å². The molecule has 0 aliphatic rings. The summed E-state index contributed by atoms with van der Waals surface area (Å²) in [6, 6.07) is 0. The molecular formula is C25H56N4O8. The van der Waals surface area contributed by atoms with Crippen molar-refractivity contribution in [2.75, 3.05) is 132 Å². The summed E-state index contributed by atoms with van der Waals surface area (Å²) < 4.78 is 46.1. The molecule has 0 aromatic heterocycles. The van der Waals surface area contributed by atoms with Crippen LogP contribution < -0.4 is 22.9 Å². The zero-order valence-corrected chi connectivity index (χ0v) is 23.0. The quantitative estimate of drug-likeness (QED) is 0.0805. The fraction of sp³-hybridized carbons (Fsp3) is 1.00. The Bertz CT molecular complexity index is 364. The molecule has 12 nitrogen and oxygen atoms in total. The fourth-order valence-electron chi connectivity index (χ4n) is 3.03. The molecule has 0 saturated carbocycles. The highest BCUT2D eigenvalue weighted by atomic mass is 16.6. The van der Waals surface area contributed by atoms with Gasteiger partial charge in [-0.25, -0.2) is 0 Å². The summed E-state index contributed by atoms with van der Waals surface area (Å²) in [7, 11) is 0. The monoisotopic (exact) mass is 540 g/mol. The lowest BCUT2D eigenvalue weighted by Gasteiger charge is -2.33. The summed E-state index contributed by atoms with van der Waals surface area (Å²) in [6.45, 7) is 10.3. The number of hydrogen-bond acceptors (Lipinski definition) is 12. The number of hydrogen-bond donors (Lipinski definition) is 4. The summed E-state index contributed by atoms with van der Waals surface area (Å²) in [6.07, 6.45) is 3.31. The minimum Gasteiger partial charge on any atom is -0.379 e. The second-order valence-corrected chi connectivity index (χ2v) is 8.73. The van der Waals surface area contributed by atoms with Crippen LogP contribution in [-0.2, 0) is 37.9 Å². The molecule has 0 unspecified atom stereocenters. The molecule has 0 aromatic rings. The molecule has 37 heavy (non-hydrogen) atoms. The van der Waals surface area contributed by atoms with Crippen molar-refractivity contribution in [1.29, 1.82) is 0 Å². The van der Waals surface area contributed by atoms with E-state index < -0.39 is 5.41 Å². The minimum absolute atomic E-state index is 0.392. The van der Waals surface area contributed by atoms with E-state index in [1.54, 1.807) is 0 Å². The van der Waals surface area contributed by atoms with Gasteiger partial charge in [0.05, 0.1) is 84.7 Å². The van der Waals surface area contributed by atoms with E-state index >= 15 is 0 Å². The normalized spacial score (nSPS) is 12.0. The highest BCUT2D eigenvalue weighted by molar-refractivity contribution is 4.79. The first-order valence-electron chi connectivity index (χ1n) is 13.7. The Morgan fingerprint density at radius 1 is 0.297 bits per heavy atom. The van der Waals surface area contributed by atoms with Crippen LogP contribution in [0.2, 0.25) is 0 Å². The Morgan fingerprint density at radius 2 is 0.514 bits per heavy atom. The number of ether oxygens (including phenoxy) is 8. The SMILES string of the molecule is NCCCOCCOCC(COCCOCCCN)(COCCOCCCN)COCCOCCCN. The van der Waals surface area contributed by atoms with E-state index in [1.807, 2.05) is 0 Å². The van der Waals surface area contributed by atoms with Crippen molar-refractivity contribution in [2.45, 2.75) is 25.7 Å². The smallest absolute Gasteiger partial charge is 0.0700 e. The summed E-state index contributed by atoms with van der Waals surface area (Å²) in [5.74, 6) is 0. The molecular weight excluding hydrogens is 484 g/mol. The molecule has 0 fully saturated rings. The van der Waals surface area contributed by atoms with Gasteiger partial charge in [-0.3, -0.25) is 0 Å². The third kappa shape index (κ3) is 25.6. The summed E-state index contributed by atoms with van der Waals surface area (Å²) in [5.41, 5.74) is 21.5. The number of nitrogens with two attached hydrogens (primary N) is 4. The standard InChI is InChI=1S/C25H56N4O8/c26-5-1-9-30-13-17-34-21-25(22-35-18-14-31-10-2-6-27,23-36-19-15-32-11-3-7-28)24-37-20-16-33-12-4-8-29/h1-24,26-29H2. The second-order valence-electron chi connectivity index (χ2n) is 8.73. The maximum atomic E-state index is 5.98. The topological polar surface area (TPSA) is 178 Å². The zero-order chi connectivity index (χ0) is 27.1. The van der Waals surface area contributed by atoms with E-state index in [4.69, 9.17) is 60.8 Å². The van der Waals surface area contributed by atoms with Crippen molar-refractivity contribution in [1.82, 2.24) is 0 Å². The van der Waals surface area contributed by atoms with E-state index in [1.165, 1.54) is 0 Å². The summed E-state index contributed by atoms with van der Waals surface area (Å²) in [4.78, 5) is 0. The van der Waals surface area contributed by atoms with E-state index in [0.29, 0.717) is 132 Å². The van der Waals surface area contributed by atoms with Crippen molar-refractivity contribution >= 4 is 0 Å². The van der Waals surface area contributed by atoms with Crippen LogP contribution in [0.5, 0.6) is 0 Å². The molecule has 12 heteroatoms. The van der Waals surface area contributed by atoms with E-state index in [-0.39, 0.29) is 0 Å². The zero-order valence-electron chi connectivity index (χ0n) is 23.0. The molecule has 8 N–H and O–H groups in total. The molecule has 0 amide bonds. The average Bonchev–Trinajstić information content (AvgIpc) is 2.91. The molecule has 0 radical (unpaired) electrons. The lowest BCUT2D eigenvalue weighted by Crippen LogP contribution is -2.43. The van der Waals surface area contributed by atoms with Crippen molar-refractivity contribution in [3.05, 3.63) is 0 Å². The molecule has 0 saturated heterocycles. The average molecular weight is 541 g/mol. The van der Waals surface area contributed by atoms with Crippen LogP contribution in [0.4, 0.5) is 0 Å². The highest BCUT2D eigenvalue weighted by Crippen LogP contribution is 2.21. The van der Waals surface area contributed by atoms with Crippen LogP contribution in [0.25, 0.3) is 0 Å². The van der Waals surface area contributed by atoms with E-state index in [9.17, 15) is 0 Å². The Kier molecular flexibility index (Phi) is 29.7. The van der Waals surface area contributed by atoms with Gasteiger partial charge in [0.15, 0.2) is 0 Å². The van der Waals surface area contributed by atoms with Gasteiger partial charge in [-0.15, -0.1) is 0 Å². The largest absolute Gasteiger partial charge is 0.379 e. The number of rotatable bonds is 32. The predicted molar refractivity (Wildman–Crippen MR) is 144 cm³/mol. The Balaban J connectivity index is 4.78. The Morgan fingerprint density at radius 3 is 0.730 bits per heavy atom. The van der Waals surface area contributed by atoms with Crippen molar-refractivity contribution < 1.29 is 37.9 Å². The maximum absolute atomic E-state index is 5.98. The lowest BCUT2D eigenvalue weighted by atomic mass is 9.92. The van der Waals surface area contributed by atoms with Gasteiger partial charge in [0, 0.05) is 26.4 Å². The minimum atomic E-state index is -0.511. The first-order chi connectivity index (χ1) is 18.2. The molecule has 0 heterocycles. The van der Waals surface area contributed by atoms with Crippen LogP contribution >= 0.6 is 0 Å². The van der Waals surface area contributed by atoms with Crippen molar-refractivity contribution in [2.24, 2.45) is 28.3 Å². The van der Waals surface area contributed by atoms with Crippen LogP contribution in [0.3, 0.4) is 0 Å². The van der Waals surface area contributed by atoms with Gasteiger partial charge in [-0.1, -0.05) is 0 Å². The van der Waals surface area contributed by atoms with E-state index in [2.05, 4.69) is 0 Å². The first kappa shape index (κ1) is 36.5. The molecule has 0 atom stereocenters. The van der Waals surface area contributed by atoms with Gasteiger partial charge >= 0.3 is 0 Å². The van der Waals surface area contributed by atoms with Gasteiger partial charge in [0.2, 0.25) is 0 Å². The third-order valence-corrected chi connectivity index (χ3v) is 5.09. The second kappa shape index (κ2) is 30.1.